The van der Waals surface area contributed by atoms with Crippen LogP contribution >= 0.6 is 0 Å². The molecule has 3 N–H and O–H groups in total. The Morgan fingerprint density at radius 2 is 1.53 bits per heavy atom. The Bertz CT molecular complexity index is 1260. The summed E-state index contributed by atoms with van der Waals surface area (Å²) in [6, 6.07) is 23.9. The summed E-state index contributed by atoms with van der Waals surface area (Å²) < 4.78 is 34.1. The molecule has 0 aromatic heterocycles. The monoisotopic (exact) mass is 507 g/mol. The van der Waals surface area contributed by atoms with Crippen molar-refractivity contribution < 1.29 is 17.9 Å². The Morgan fingerprint density at radius 3 is 2.19 bits per heavy atom. The van der Waals surface area contributed by atoms with Crippen molar-refractivity contribution in [2.75, 3.05) is 13.7 Å². The van der Waals surface area contributed by atoms with E-state index in [0.717, 1.165) is 36.8 Å². The average Bonchev–Trinajstić information content (AvgIpc) is 2.90. The van der Waals surface area contributed by atoms with Crippen LogP contribution in [0.25, 0.3) is 11.1 Å². The highest BCUT2D eigenvalue weighted by Gasteiger charge is 2.29. The minimum Gasteiger partial charge on any atom is -0.496 e. The Morgan fingerprint density at radius 1 is 0.917 bits per heavy atom. The van der Waals surface area contributed by atoms with Crippen molar-refractivity contribution in [1.29, 1.82) is 0 Å². The van der Waals surface area contributed by atoms with Crippen molar-refractivity contribution in [2.24, 2.45) is 5.73 Å². The molecule has 8 heteroatoms. The SMILES string of the molecule is COc1ccccc1CN(CC(=O)NC1CCC(N)CC1)S(=O)(=O)c1ccc(-c2ccccc2)cc1. The summed E-state index contributed by atoms with van der Waals surface area (Å²) in [5, 5.41) is 3.01. The van der Waals surface area contributed by atoms with E-state index < -0.39 is 10.0 Å². The highest BCUT2D eigenvalue weighted by molar-refractivity contribution is 7.89. The third kappa shape index (κ3) is 6.32. The van der Waals surface area contributed by atoms with Crippen molar-refractivity contribution >= 4 is 15.9 Å². The second-order valence-electron chi connectivity index (χ2n) is 9.15. The lowest BCUT2D eigenvalue weighted by Crippen LogP contribution is -2.46. The Labute approximate surface area is 213 Å². The lowest BCUT2D eigenvalue weighted by Gasteiger charge is -2.28. The molecule has 0 saturated heterocycles. The van der Waals surface area contributed by atoms with Crippen LogP contribution in [-0.2, 0) is 21.4 Å². The van der Waals surface area contributed by atoms with Crippen molar-refractivity contribution in [3.63, 3.8) is 0 Å². The van der Waals surface area contributed by atoms with Gasteiger partial charge in [-0.25, -0.2) is 8.42 Å². The first kappa shape index (κ1) is 25.9. The maximum Gasteiger partial charge on any atom is 0.243 e. The Balaban J connectivity index is 1.58. The summed E-state index contributed by atoms with van der Waals surface area (Å²) in [6.07, 6.45) is 3.30. The van der Waals surface area contributed by atoms with Gasteiger partial charge in [-0.3, -0.25) is 4.79 Å². The smallest absolute Gasteiger partial charge is 0.243 e. The number of para-hydroxylation sites is 1. The number of methoxy groups -OCH3 is 1. The number of nitrogens with one attached hydrogen (secondary N) is 1. The topological polar surface area (TPSA) is 102 Å². The molecule has 0 spiro atoms. The van der Waals surface area contributed by atoms with E-state index in [1.54, 1.807) is 43.5 Å². The highest BCUT2D eigenvalue weighted by atomic mass is 32.2. The van der Waals surface area contributed by atoms with E-state index in [4.69, 9.17) is 10.5 Å². The second-order valence-corrected chi connectivity index (χ2v) is 11.1. The number of nitrogens with zero attached hydrogens (tertiary/aromatic N) is 1. The molecule has 0 radical (unpaired) electrons. The molecular formula is C28H33N3O4S. The van der Waals surface area contributed by atoms with Gasteiger partial charge in [0.15, 0.2) is 0 Å². The predicted octanol–water partition coefficient (Wildman–Crippen LogP) is 3.94. The predicted molar refractivity (Wildman–Crippen MR) is 141 cm³/mol. The standard InChI is InChI=1S/C28H33N3O4S/c1-35-27-10-6-5-9-23(27)19-31(20-28(32)30-25-15-13-24(29)14-16-25)36(33,34)26-17-11-22(12-18-26)21-7-3-2-4-8-21/h2-12,17-18,24-25H,13-16,19-20,29H2,1H3,(H,30,32). The number of hydrogen-bond donors (Lipinski definition) is 2. The van der Waals surface area contributed by atoms with E-state index in [1.807, 2.05) is 42.5 Å². The first-order valence-electron chi connectivity index (χ1n) is 12.2. The fourth-order valence-corrected chi connectivity index (χ4v) is 5.92. The average molecular weight is 508 g/mol. The molecule has 3 aromatic carbocycles. The zero-order valence-electron chi connectivity index (χ0n) is 20.5. The third-order valence-corrected chi connectivity index (χ3v) is 8.40. The Hall–Kier alpha value is -3.20. The molecule has 0 heterocycles. The Kier molecular flexibility index (Phi) is 8.40. The molecule has 3 aromatic rings. The summed E-state index contributed by atoms with van der Waals surface area (Å²) in [5.41, 5.74) is 8.58. The summed E-state index contributed by atoms with van der Waals surface area (Å²) in [5.74, 6) is 0.244. The van der Waals surface area contributed by atoms with E-state index in [2.05, 4.69) is 5.32 Å². The number of nitrogens with two attached hydrogens (primary N) is 1. The normalized spacial score (nSPS) is 18.1. The number of benzene rings is 3. The second kappa shape index (κ2) is 11.7. The largest absolute Gasteiger partial charge is 0.496 e. The van der Waals surface area contributed by atoms with Crippen molar-refractivity contribution in [1.82, 2.24) is 9.62 Å². The van der Waals surface area contributed by atoms with E-state index in [-0.39, 0.29) is 36.0 Å². The van der Waals surface area contributed by atoms with Gasteiger partial charge in [-0.05, 0) is 55.0 Å². The van der Waals surface area contributed by atoms with Gasteiger partial charge in [-0.15, -0.1) is 0 Å². The number of ether oxygens (including phenoxy) is 1. The quantitative estimate of drug-likeness (QED) is 0.457. The molecule has 1 fully saturated rings. The first-order chi connectivity index (χ1) is 17.4. The van der Waals surface area contributed by atoms with Crippen LogP contribution in [0.4, 0.5) is 0 Å². The number of rotatable bonds is 9. The molecule has 4 rings (SSSR count). The summed E-state index contributed by atoms with van der Waals surface area (Å²) in [4.78, 5) is 13.1. The van der Waals surface area contributed by atoms with Crippen molar-refractivity contribution in [3.8, 4) is 16.9 Å². The number of carbonyl (C=O) groups excluding carboxylic acids is 1. The zero-order valence-corrected chi connectivity index (χ0v) is 21.3. The fourth-order valence-electron chi connectivity index (χ4n) is 4.55. The number of carbonyl (C=O) groups is 1. The van der Waals surface area contributed by atoms with E-state index in [9.17, 15) is 13.2 Å². The molecular weight excluding hydrogens is 474 g/mol. The molecule has 1 saturated carbocycles. The van der Waals surface area contributed by atoms with Crippen LogP contribution in [0, 0.1) is 0 Å². The minimum absolute atomic E-state index is 0.00967. The van der Waals surface area contributed by atoms with Crippen LogP contribution in [0.1, 0.15) is 31.2 Å². The van der Waals surface area contributed by atoms with Gasteiger partial charge < -0.3 is 15.8 Å². The van der Waals surface area contributed by atoms with Gasteiger partial charge in [0.05, 0.1) is 18.6 Å². The lowest BCUT2D eigenvalue weighted by molar-refractivity contribution is -0.122. The number of hydrogen-bond acceptors (Lipinski definition) is 5. The van der Waals surface area contributed by atoms with Crippen LogP contribution in [-0.4, -0.2) is 44.4 Å². The van der Waals surface area contributed by atoms with Gasteiger partial charge in [0.1, 0.15) is 5.75 Å². The molecule has 36 heavy (non-hydrogen) atoms. The first-order valence-corrected chi connectivity index (χ1v) is 13.6. The van der Waals surface area contributed by atoms with Crippen molar-refractivity contribution in [2.45, 2.75) is 49.2 Å². The molecule has 7 nitrogen and oxygen atoms in total. The maximum atomic E-state index is 13.7. The van der Waals surface area contributed by atoms with Crippen molar-refractivity contribution in [3.05, 3.63) is 84.4 Å². The van der Waals surface area contributed by atoms with E-state index in [0.29, 0.717) is 11.3 Å². The van der Waals surface area contributed by atoms with Crippen LogP contribution in [0.15, 0.2) is 83.8 Å². The van der Waals surface area contributed by atoms with Gasteiger partial charge >= 0.3 is 0 Å². The number of amides is 1. The molecule has 1 aliphatic carbocycles. The highest BCUT2D eigenvalue weighted by Crippen LogP contribution is 2.26. The zero-order chi connectivity index (χ0) is 25.5. The summed E-state index contributed by atoms with van der Waals surface area (Å²) in [6.45, 7) is -0.279. The molecule has 0 aliphatic heterocycles. The minimum atomic E-state index is -3.97. The van der Waals surface area contributed by atoms with Gasteiger partial charge in [-0.2, -0.15) is 4.31 Å². The molecule has 190 valence electrons. The summed E-state index contributed by atoms with van der Waals surface area (Å²) >= 11 is 0. The van der Waals surface area contributed by atoms with Crippen LogP contribution in [0.5, 0.6) is 5.75 Å². The number of sulfonamides is 1. The summed E-state index contributed by atoms with van der Waals surface area (Å²) in [7, 11) is -2.43. The van der Waals surface area contributed by atoms with Crippen LogP contribution in [0.3, 0.4) is 0 Å². The van der Waals surface area contributed by atoms with Crippen LogP contribution in [0.2, 0.25) is 0 Å². The fraction of sp³-hybridized carbons (Fsp3) is 0.321. The molecule has 0 unspecified atom stereocenters. The molecule has 1 aliphatic rings. The third-order valence-electron chi connectivity index (χ3n) is 6.60. The van der Waals surface area contributed by atoms with Gasteiger partial charge in [0, 0.05) is 24.2 Å². The van der Waals surface area contributed by atoms with Gasteiger partial charge in [0.25, 0.3) is 0 Å². The van der Waals surface area contributed by atoms with E-state index >= 15 is 0 Å². The molecule has 1 amide bonds. The maximum absolute atomic E-state index is 13.7. The molecule has 0 atom stereocenters. The van der Waals surface area contributed by atoms with Gasteiger partial charge in [-0.1, -0.05) is 60.7 Å². The lowest BCUT2D eigenvalue weighted by atomic mass is 9.92. The van der Waals surface area contributed by atoms with Gasteiger partial charge in [0.2, 0.25) is 15.9 Å². The van der Waals surface area contributed by atoms with E-state index in [1.165, 1.54) is 4.31 Å². The van der Waals surface area contributed by atoms with Crippen LogP contribution < -0.4 is 15.8 Å². The molecule has 0 bridgehead atoms.